The minimum atomic E-state index is -0.546. The molecule has 1 aromatic heterocycles. The van der Waals surface area contributed by atoms with Crippen LogP contribution in [0.2, 0.25) is 0 Å². The van der Waals surface area contributed by atoms with Gasteiger partial charge in [-0.15, -0.1) is 0 Å². The van der Waals surface area contributed by atoms with Crippen molar-refractivity contribution in [3.8, 4) is 10.6 Å². The van der Waals surface area contributed by atoms with Crippen LogP contribution in [0.15, 0.2) is 72.8 Å². The second-order valence-electron chi connectivity index (χ2n) is 8.90. The number of benzene rings is 3. The van der Waals surface area contributed by atoms with Gasteiger partial charge in [-0.05, 0) is 42.8 Å². The lowest BCUT2D eigenvalue weighted by Crippen LogP contribution is -2.40. The van der Waals surface area contributed by atoms with E-state index >= 15 is 0 Å². The molecule has 4 heterocycles. The van der Waals surface area contributed by atoms with Crippen molar-refractivity contribution in [2.45, 2.75) is 30.8 Å². The van der Waals surface area contributed by atoms with Crippen molar-refractivity contribution in [1.82, 2.24) is 0 Å². The van der Waals surface area contributed by atoms with Crippen LogP contribution in [0, 0.1) is 5.92 Å². The molecular weight excluding hydrogens is 452 g/mol. The van der Waals surface area contributed by atoms with Gasteiger partial charge in [0, 0.05) is 33.4 Å². The highest BCUT2D eigenvalue weighted by Gasteiger charge is 2.65. The molecule has 0 saturated carbocycles. The first kappa shape index (κ1) is 20.0. The third-order valence-electron chi connectivity index (χ3n) is 6.97. The van der Waals surface area contributed by atoms with E-state index in [0.29, 0.717) is 12.2 Å². The van der Waals surface area contributed by atoms with Gasteiger partial charge in [0.1, 0.15) is 11.9 Å². The van der Waals surface area contributed by atoms with Gasteiger partial charge in [0.25, 0.3) is 0 Å². The van der Waals surface area contributed by atoms with Gasteiger partial charge in [-0.25, -0.2) is 4.79 Å². The van der Waals surface area contributed by atoms with Crippen LogP contribution in [0.25, 0.3) is 25.1 Å². The van der Waals surface area contributed by atoms with E-state index in [9.17, 15) is 9.59 Å². The smallest absolute Gasteiger partial charge is 0.344 e. The Morgan fingerprint density at radius 1 is 0.912 bits per heavy atom. The summed E-state index contributed by atoms with van der Waals surface area (Å²) < 4.78 is 25.0. The molecule has 7 heteroatoms. The summed E-state index contributed by atoms with van der Waals surface area (Å²) in [7, 11) is -0.173. The van der Waals surface area contributed by atoms with Gasteiger partial charge in [0.2, 0.25) is 0 Å². The lowest BCUT2D eigenvalue weighted by atomic mass is 9.88. The molecule has 0 aliphatic carbocycles. The van der Waals surface area contributed by atoms with Crippen molar-refractivity contribution in [3.05, 3.63) is 72.8 Å². The van der Waals surface area contributed by atoms with Crippen LogP contribution in [0.3, 0.4) is 0 Å². The number of hydrogen-bond donors (Lipinski definition) is 0. The van der Waals surface area contributed by atoms with Gasteiger partial charge in [0.05, 0.1) is 12.0 Å². The van der Waals surface area contributed by atoms with Gasteiger partial charge in [0.15, 0.2) is 33.1 Å². The average molecular weight is 474 g/mol. The van der Waals surface area contributed by atoms with Crippen molar-refractivity contribution in [3.63, 3.8) is 0 Å². The van der Waals surface area contributed by atoms with E-state index in [2.05, 4.69) is 60.7 Å². The second kappa shape index (κ2) is 7.55. The maximum atomic E-state index is 12.4. The zero-order valence-corrected chi connectivity index (χ0v) is 18.9. The first-order valence-corrected chi connectivity index (χ1v) is 12.6. The Morgan fingerprint density at radius 3 is 2.29 bits per heavy atom. The minimum Gasteiger partial charge on any atom is -0.482 e. The van der Waals surface area contributed by atoms with E-state index in [0.717, 1.165) is 0 Å². The molecule has 3 saturated heterocycles. The number of ether oxygens (including phenoxy) is 4. The molecule has 3 aliphatic rings. The fourth-order valence-electron chi connectivity index (χ4n) is 5.49. The van der Waals surface area contributed by atoms with Crippen molar-refractivity contribution in [2.24, 2.45) is 5.92 Å². The molecule has 0 N–H and O–H groups in total. The summed E-state index contributed by atoms with van der Waals surface area (Å²) in [5.41, 5.74) is 0. The number of carbonyl (C=O) groups is 2. The highest BCUT2D eigenvalue weighted by atomic mass is 32.2. The summed E-state index contributed by atoms with van der Waals surface area (Å²) >= 11 is 0. The second-order valence-corrected chi connectivity index (χ2v) is 10.9. The summed E-state index contributed by atoms with van der Waals surface area (Å²) in [6.45, 7) is -0.214. The molecule has 3 fully saturated rings. The summed E-state index contributed by atoms with van der Waals surface area (Å²) in [6.07, 6.45) is -1.04. The van der Waals surface area contributed by atoms with Gasteiger partial charge in [-0.2, -0.15) is 0 Å². The van der Waals surface area contributed by atoms with E-state index < -0.39 is 18.2 Å². The zero-order valence-electron chi connectivity index (χ0n) is 18.1. The Labute approximate surface area is 198 Å². The van der Waals surface area contributed by atoms with Crippen LogP contribution < -0.4 is 4.74 Å². The zero-order chi connectivity index (χ0) is 22.8. The predicted octanol–water partition coefficient (Wildman–Crippen LogP) is 4.73. The fraction of sp³-hybridized carbons (Fsp3) is 0.259. The van der Waals surface area contributed by atoms with E-state index in [4.69, 9.17) is 18.9 Å². The molecule has 6 nitrogen and oxygen atoms in total. The first-order valence-electron chi connectivity index (χ1n) is 11.4. The number of rotatable bonds is 5. The predicted molar refractivity (Wildman–Crippen MR) is 127 cm³/mol. The van der Waals surface area contributed by atoms with Crippen LogP contribution in [-0.4, -0.2) is 43.0 Å². The van der Waals surface area contributed by atoms with Gasteiger partial charge >= 0.3 is 11.9 Å². The first-order chi connectivity index (χ1) is 16.7. The Bertz CT molecular complexity index is 1390. The number of fused-ring (bicyclic) bond motifs is 4. The normalized spacial score (nSPS) is 26.8. The van der Waals surface area contributed by atoms with Crippen LogP contribution in [0.5, 0.6) is 5.75 Å². The number of thiophene rings is 1. The topological polar surface area (TPSA) is 71.1 Å². The van der Waals surface area contributed by atoms with E-state index in [1.165, 1.54) is 25.1 Å². The maximum absolute atomic E-state index is 12.4. The van der Waals surface area contributed by atoms with Crippen LogP contribution in [0.1, 0.15) is 6.42 Å². The molecule has 7 rings (SSSR count). The summed E-state index contributed by atoms with van der Waals surface area (Å²) in [5.74, 6) is -0.355. The molecule has 0 spiro atoms. The van der Waals surface area contributed by atoms with E-state index in [1.807, 2.05) is 12.1 Å². The molecule has 2 bridgehead atoms. The molecule has 0 amide bonds. The lowest BCUT2D eigenvalue weighted by Gasteiger charge is -2.22. The molecule has 4 aromatic rings. The van der Waals surface area contributed by atoms with Crippen LogP contribution in [-0.2, 0) is 23.8 Å². The van der Waals surface area contributed by atoms with E-state index in [1.54, 1.807) is 0 Å². The standard InChI is InChI=1S/C27H21O6S/c28-23(32-25-20-13-19-24(31-20)26(25)33-27(19)29)14-30-15-9-11-16(12-10-15)34-21-7-3-1-5-17(21)18-6-2-4-8-22(18)34/h1-12,19-20,24-26H,13-14H2/q+1. The molecule has 5 atom stereocenters. The fourth-order valence-corrected chi connectivity index (χ4v) is 7.87. The van der Waals surface area contributed by atoms with Crippen LogP contribution in [0.4, 0.5) is 0 Å². The quantitative estimate of drug-likeness (QED) is 0.308. The Hall–Kier alpha value is -3.42. The molecule has 170 valence electrons. The molecule has 34 heavy (non-hydrogen) atoms. The van der Waals surface area contributed by atoms with Gasteiger partial charge < -0.3 is 18.9 Å². The largest absolute Gasteiger partial charge is 0.482 e. The number of hydrogen-bond acceptors (Lipinski definition) is 6. The molecule has 3 aromatic carbocycles. The van der Waals surface area contributed by atoms with Gasteiger partial charge in [-0.3, -0.25) is 4.79 Å². The number of carbonyl (C=O) groups excluding carboxylic acids is 2. The molecule has 5 unspecified atom stereocenters. The van der Waals surface area contributed by atoms with Crippen molar-refractivity contribution in [2.75, 3.05) is 6.61 Å². The number of esters is 2. The molecular formula is C27H21O6S+. The monoisotopic (exact) mass is 473 g/mol. The van der Waals surface area contributed by atoms with Crippen LogP contribution >= 0.6 is 10.5 Å². The maximum Gasteiger partial charge on any atom is 0.344 e. The van der Waals surface area contributed by atoms with Crippen molar-refractivity contribution < 1.29 is 28.5 Å². The highest BCUT2D eigenvalue weighted by Crippen LogP contribution is 2.49. The SMILES string of the molecule is O=C(COc1ccc(-[s+]2c3ccccc3c3ccccc32)cc1)OC1C2CC3C(=O)OC1C3O2. The Balaban J connectivity index is 1.06. The molecule has 3 aliphatic heterocycles. The highest BCUT2D eigenvalue weighted by molar-refractivity contribution is 7.50. The third kappa shape index (κ3) is 2.97. The van der Waals surface area contributed by atoms with Gasteiger partial charge in [-0.1, -0.05) is 24.3 Å². The Morgan fingerprint density at radius 2 is 1.59 bits per heavy atom. The summed E-state index contributed by atoms with van der Waals surface area (Å²) in [6, 6.07) is 25.0. The third-order valence-corrected chi connectivity index (χ3v) is 9.31. The average Bonchev–Trinajstić information content (AvgIpc) is 3.58. The van der Waals surface area contributed by atoms with Crippen molar-refractivity contribution >= 4 is 42.6 Å². The lowest BCUT2D eigenvalue weighted by molar-refractivity contribution is -0.162. The minimum absolute atomic E-state index is 0.173. The Kier molecular flexibility index (Phi) is 4.44. The summed E-state index contributed by atoms with van der Waals surface area (Å²) in [4.78, 5) is 25.4. The molecule has 0 radical (unpaired) electrons. The van der Waals surface area contributed by atoms with Crippen molar-refractivity contribution in [1.29, 1.82) is 0 Å². The summed E-state index contributed by atoms with van der Waals surface area (Å²) in [5, 5.41) is 2.57. The van der Waals surface area contributed by atoms with E-state index in [-0.39, 0.29) is 41.2 Å².